The normalized spacial score (nSPS) is 18.6. The lowest BCUT2D eigenvalue weighted by Crippen LogP contribution is -2.45. The summed E-state index contributed by atoms with van der Waals surface area (Å²) in [5, 5.41) is 29.5. The number of fused-ring (bicyclic) bond motifs is 5. The van der Waals surface area contributed by atoms with Crippen molar-refractivity contribution in [2.24, 2.45) is 5.41 Å². The van der Waals surface area contributed by atoms with Crippen LogP contribution in [0.15, 0.2) is 39.6 Å². The molecule has 8 nitrogen and oxygen atoms in total. The molecule has 0 atom stereocenters. The molecule has 4 aromatic rings. The Labute approximate surface area is 214 Å². The molecule has 1 saturated carbocycles. The fourth-order valence-corrected chi connectivity index (χ4v) is 6.50. The number of hydrogen-bond acceptors (Lipinski definition) is 6. The van der Waals surface area contributed by atoms with E-state index in [1.54, 1.807) is 6.07 Å². The SMILES string of the molecule is N#CC1(C(O)O)CCN(c2cc3c(cc2F)n2c4cccc(Br)c4c(=O)nc2n3C2CCCC2)CC1. The van der Waals surface area contributed by atoms with Crippen LogP contribution in [0.4, 0.5) is 10.1 Å². The molecule has 0 bridgehead atoms. The highest BCUT2D eigenvalue weighted by molar-refractivity contribution is 9.10. The van der Waals surface area contributed by atoms with E-state index in [1.807, 2.05) is 27.5 Å². The van der Waals surface area contributed by atoms with Crippen LogP contribution in [0.1, 0.15) is 44.6 Å². The smallest absolute Gasteiger partial charge is 0.283 e. The number of hydrogen-bond donors (Lipinski definition) is 2. The van der Waals surface area contributed by atoms with Crippen LogP contribution in [0, 0.1) is 22.6 Å². The topological polar surface area (TPSA) is 107 Å². The molecule has 186 valence electrons. The van der Waals surface area contributed by atoms with Gasteiger partial charge in [0.15, 0.2) is 6.29 Å². The van der Waals surface area contributed by atoms with Crippen molar-refractivity contribution in [2.75, 3.05) is 18.0 Å². The van der Waals surface area contributed by atoms with Crippen LogP contribution in [-0.2, 0) is 0 Å². The zero-order valence-corrected chi connectivity index (χ0v) is 21.1. The van der Waals surface area contributed by atoms with Crippen LogP contribution in [0.3, 0.4) is 0 Å². The van der Waals surface area contributed by atoms with Gasteiger partial charge in [-0.2, -0.15) is 10.2 Å². The lowest BCUT2D eigenvalue weighted by Gasteiger charge is -2.39. The Bertz CT molecular complexity index is 1610. The minimum atomic E-state index is -1.74. The first-order valence-corrected chi connectivity index (χ1v) is 13.0. The van der Waals surface area contributed by atoms with Gasteiger partial charge in [-0.25, -0.2) is 4.39 Å². The maximum Gasteiger partial charge on any atom is 0.283 e. The number of piperidine rings is 1. The van der Waals surface area contributed by atoms with Gasteiger partial charge in [0, 0.05) is 29.7 Å². The average Bonchev–Trinajstić information content (AvgIpc) is 3.49. The summed E-state index contributed by atoms with van der Waals surface area (Å²) in [5.74, 6) is 0.0958. The van der Waals surface area contributed by atoms with E-state index in [-0.39, 0.29) is 24.4 Å². The van der Waals surface area contributed by atoms with E-state index in [4.69, 9.17) is 0 Å². The van der Waals surface area contributed by atoms with E-state index in [1.165, 1.54) is 6.07 Å². The number of benzene rings is 2. The number of halogens is 2. The van der Waals surface area contributed by atoms with Gasteiger partial charge in [0.25, 0.3) is 5.56 Å². The summed E-state index contributed by atoms with van der Waals surface area (Å²) in [4.78, 5) is 19.4. The zero-order valence-electron chi connectivity index (χ0n) is 19.5. The first kappa shape index (κ1) is 23.4. The molecule has 0 unspecified atom stereocenters. The highest BCUT2D eigenvalue weighted by Crippen LogP contribution is 2.40. The molecule has 1 aliphatic carbocycles. The number of aromatic nitrogens is 3. The Morgan fingerprint density at radius 3 is 2.53 bits per heavy atom. The van der Waals surface area contributed by atoms with Crippen LogP contribution in [0.5, 0.6) is 0 Å². The number of anilines is 1. The van der Waals surface area contributed by atoms with Crippen molar-refractivity contribution in [1.29, 1.82) is 5.26 Å². The summed E-state index contributed by atoms with van der Waals surface area (Å²) >= 11 is 3.47. The lowest BCUT2D eigenvalue weighted by molar-refractivity contribution is -0.119. The number of aliphatic hydroxyl groups is 2. The van der Waals surface area contributed by atoms with Crippen LogP contribution >= 0.6 is 15.9 Å². The van der Waals surface area contributed by atoms with Crippen LogP contribution in [-0.4, -0.2) is 43.5 Å². The standard InChI is InChI=1S/C26H25BrFN5O3/c27-16-6-3-7-18-22(16)23(34)30-25-32(15-4-1-2-5-15)21-13-19(17(28)12-20(21)33(18)25)31-10-8-26(14-29,9-11-31)24(35)36/h3,6-7,12-13,15,24,35-36H,1-2,4-5,8-11H2. The molecular weight excluding hydrogens is 529 g/mol. The maximum atomic E-state index is 15.7. The third-order valence-corrected chi connectivity index (χ3v) is 8.67. The Kier molecular flexibility index (Phi) is 5.55. The molecule has 10 heteroatoms. The summed E-state index contributed by atoms with van der Waals surface area (Å²) in [6, 6.07) is 11.0. The predicted molar refractivity (Wildman–Crippen MR) is 137 cm³/mol. The number of nitriles is 1. The molecular formula is C26H25BrFN5O3. The first-order chi connectivity index (χ1) is 17.3. The lowest BCUT2D eigenvalue weighted by atomic mass is 9.79. The second kappa shape index (κ2) is 8.54. The molecule has 2 aromatic carbocycles. The van der Waals surface area contributed by atoms with Crippen LogP contribution in [0.25, 0.3) is 27.7 Å². The van der Waals surface area contributed by atoms with Crippen molar-refractivity contribution in [2.45, 2.75) is 50.9 Å². The second-order valence-electron chi connectivity index (χ2n) is 9.92. The molecule has 3 heterocycles. The first-order valence-electron chi connectivity index (χ1n) is 12.2. The van der Waals surface area contributed by atoms with Crippen LogP contribution in [0.2, 0.25) is 0 Å². The van der Waals surface area contributed by atoms with Gasteiger partial charge in [-0.3, -0.25) is 9.20 Å². The maximum absolute atomic E-state index is 15.7. The second-order valence-corrected chi connectivity index (χ2v) is 10.8. The number of imidazole rings is 1. The van der Waals surface area contributed by atoms with Crippen molar-refractivity contribution < 1.29 is 14.6 Å². The number of nitrogens with zero attached hydrogens (tertiary/aromatic N) is 5. The Balaban J connectivity index is 1.58. The fraction of sp³-hybridized carbons (Fsp3) is 0.423. The van der Waals surface area contributed by atoms with E-state index in [9.17, 15) is 20.3 Å². The van der Waals surface area contributed by atoms with Crippen molar-refractivity contribution in [3.05, 3.63) is 51.0 Å². The zero-order chi connectivity index (χ0) is 25.2. The molecule has 2 aromatic heterocycles. The molecule has 1 aliphatic heterocycles. The van der Waals surface area contributed by atoms with Gasteiger partial charge in [0.05, 0.1) is 33.7 Å². The van der Waals surface area contributed by atoms with Gasteiger partial charge in [-0.15, -0.1) is 0 Å². The molecule has 0 spiro atoms. The number of rotatable bonds is 3. The minimum absolute atomic E-state index is 0.157. The third-order valence-electron chi connectivity index (χ3n) is 8.01. The molecule has 6 rings (SSSR count). The quantitative estimate of drug-likeness (QED) is 0.367. The Morgan fingerprint density at radius 1 is 1.14 bits per heavy atom. The Morgan fingerprint density at radius 2 is 1.86 bits per heavy atom. The third kappa shape index (κ3) is 3.37. The van der Waals surface area contributed by atoms with Gasteiger partial charge < -0.3 is 19.7 Å². The van der Waals surface area contributed by atoms with Gasteiger partial charge in [0.2, 0.25) is 5.78 Å². The monoisotopic (exact) mass is 553 g/mol. The van der Waals surface area contributed by atoms with E-state index in [0.29, 0.717) is 45.4 Å². The van der Waals surface area contributed by atoms with E-state index >= 15 is 4.39 Å². The fourth-order valence-electron chi connectivity index (χ4n) is 5.97. The Hall–Kier alpha value is -3.00. The minimum Gasteiger partial charge on any atom is -0.369 e. The summed E-state index contributed by atoms with van der Waals surface area (Å²) < 4.78 is 20.3. The van der Waals surface area contributed by atoms with E-state index in [2.05, 4.69) is 31.6 Å². The van der Waals surface area contributed by atoms with Crippen molar-refractivity contribution >= 4 is 49.3 Å². The number of aliphatic hydroxyl groups excluding tert-OH is 1. The molecule has 2 fully saturated rings. The summed E-state index contributed by atoms with van der Waals surface area (Å²) in [6.07, 6.45) is 2.79. The molecule has 36 heavy (non-hydrogen) atoms. The highest BCUT2D eigenvalue weighted by Gasteiger charge is 2.41. The van der Waals surface area contributed by atoms with Crippen LogP contribution < -0.4 is 10.5 Å². The summed E-state index contributed by atoms with van der Waals surface area (Å²) in [6.45, 7) is 0.645. The predicted octanol–water partition coefficient (Wildman–Crippen LogP) is 4.24. The highest BCUT2D eigenvalue weighted by atomic mass is 79.9. The van der Waals surface area contributed by atoms with Crippen molar-refractivity contribution in [3.63, 3.8) is 0 Å². The average molecular weight is 554 g/mol. The van der Waals surface area contributed by atoms with Gasteiger partial charge in [-0.05, 0) is 59.8 Å². The summed E-state index contributed by atoms with van der Waals surface area (Å²) in [7, 11) is 0. The van der Waals surface area contributed by atoms with E-state index in [0.717, 1.165) is 31.2 Å². The van der Waals surface area contributed by atoms with Gasteiger partial charge >= 0.3 is 0 Å². The molecule has 0 amide bonds. The largest absolute Gasteiger partial charge is 0.369 e. The van der Waals surface area contributed by atoms with Crippen molar-refractivity contribution in [3.8, 4) is 6.07 Å². The molecule has 2 aliphatic rings. The van der Waals surface area contributed by atoms with Gasteiger partial charge in [0.1, 0.15) is 11.2 Å². The van der Waals surface area contributed by atoms with E-state index < -0.39 is 17.5 Å². The molecule has 1 saturated heterocycles. The summed E-state index contributed by atoms with van der Waals surface area (Å²) in [5.41, 5.74) is 0.942. The van der Waals surface area contributed by atoms with Gasteiger partial charge in [-0.1, -0.05) is 18.9 Å². The molecule has 2 N–H and O–H groups in total. The van der Waals surface area contributed by atoms with Crippen molar-refractivity contribution in [1.82, 2.24) is 14.0 Å². The molecule has 0 radical (unpaired) electrons.